The summed E-state index contributed by atoms with van der Waals surface area (Å²) in [6.07, 6.45) is 5.51. The number of rotatable bonds is 3. The molecule has 0 fully saturated rings. The fourth-order valence-electron chi connectivity index (χ4n) is 1.33. The molecule has 15 heavy (non-hydrogen) atoms. The molecule has 0 saturated heterocycles. The second-order valence-corrected chi connectivity index (χ2v) is 3.03. The molecular formula is C10H9N5. The second-order valence-electron chi connectivity index (χ2n) is 3.03. The average molecular weight is 199 g/mol. The Hall–Kier alpha value is -2.26. The molecule has 2 rings (SSSR count). The van der Waals surface area contributed by atoms with Crippen molar-refractivity contribution >= 4 is 17.0 Å². The Morgan fingerprint density at radius 3 is 3.33 bits per heavy atom. The molecule has 1 heterocycles. The van der Waals surface area contributed by atoms with E-state index in [-0.39, 0.29) is 0 Å². The minimum atomic E-state index is 0.373. The zero-order valence-corrected chi connectivity index (χ0v) is 7.96. The average Bonchev–Trinajstić information content (AvgIpc) is 2.71. The third kappa shape index (κ3) is 2.15. The van der Waals surface area contributed by atoms with Crippen LogP contribution < -0.4 is 0 Å². The predicted molar refractivity (Wildman–Crippen MR) is 59.1 cm³/mol. The number of fused-ring (bicyclic) bond motifs is 1. The van der Waals surface area contributed by atoms with Crippen molar-refractivity contribution in [2.24, 2.45) is 5.11 Å². The van der Waals surface area contributed by atoms with Crippen LogP contribution in [0, 0.1) is 0 Å². The quantitative estimate of drug-likeness (QED) is 0.460. The molecular weight excluding hydrogens is 190 g/mol. The van der Waals surface area contributed by atoms with E-state index in [2.05, 4.69) is 20.2 Å². The van der Waals surface area contributed by atoms with Gasteiger partial charge in [0, 0.05) is 16.8 Å². The molecule has 0 aliphatic rings. The maximum absolute atomic E-state index is 8.09. The fraction of sp³-hybridized carbons (Fsp3) is 0.100. The van der Waals surface area contributed by atoms with Crippen molar-refractivity contribution < 1.29 is 0 Å². The first-order chi connectivity index (χ1) is 7.40. The molecule has 0 atom stereocenters. The van der Waals surface area contributed by atoms with E-state index in [0.29, 0.717) is 6.54 Å². The standard InChI is InChI=1S/C10H9N5/c11-15-12-5-1-2-8-3-4-9-7-13-14-10(9)6-8/h1-4,6-7H,5H2,(H,13,14). The van der Waals surface area contributed by atoms with Crippen molar-refractivity contribution in [1.82, 2.24) is 10.2 Å². The number of aromatic amines is 1. The third-order valence-electron chi connectivity index (χ3n) is 2.03. The molecule has 74 valence electrons. The molecule has 0 saturated carbocycles. The molecule has 0 aliphatic heterocycles. The normalized spacial score (nSPS) is 10.7. The molecule has 0 amide bonds. The van der Waals surface area contributed by atoms with Crippen molar-refractivity contribution in [2.45, 2.75) is 0 Å². The second kappa shape index (κ2) is 4.30. The number of azide groups is 1. The van der Waals surface area contributed by atoms with Gasteiger partial charge in [0.1, 0.15) is 0 Å². The molecule has 0 radical (unpaired) electrons. The lowest BCUT2D eigenvalue weighted by Gasteiger charge is -1.92. The summed E-state index contributed by atoms with van der Waals surface area (Å²) in [5.41, 5.74) is 10.1. The van der Waals surface area contributed by atoms with Gasteiger partial charge in [-0.1, -0.05) is 29.4 Å². The van der Waals surface area contributed by atoms with Crippen molar-refractivity contribution in [1.29, 1.82) is 0 Å². The molecule has 0 unspecified atom stereocenters. The first-order valence-electron chi connectivity index (χ1n) is 4.50. The SMILES string of the molecule is [N-]=[N+]=NCC=Cc1ccc2cn[nH]c2c1. The van der Waals surface area contributed by atoms with Crippen LogP contribution in [0.1, 0.15) is 5.56 Å². The minimum absolute atomic E-state index is 0.373. The van der Waals surface area contributed by atoms with Gasteiger partial charge < -0.3 is 0 Å². The van der Waals surface area contributed by atoms with E-state index in [9.17, 15) is 0 Å². The molecule has 5 heteroatoms. The van der Waals surface area contributed by atoms with Gasteiger partial charge in [0.15, 0.2) is 0 Å². The van der Waals surface area contributed by atoms with Gasteiger partial charge in [-0.25, -0.2) is 0 Å². The number of nitrogens with one attached hydrogen (secondary N) is 1. The Labute approximate surface area is 86.0 Å². The first-order valence-corrected chi connectivity index (χ1v) is 4.50. The van der Waals surface area contributed by atoms with E-state index >= 15 is 0 Å². The maximum atomic E-state index is 8.09. The summed E-state index contributed by atoms with van der Waals surface area (Å²) in [5, 5.41) is 11.3. The van der Waals surface area contributed by atoms with Crippen molar-refractivity contribution in [3.05, 3.63) is 46.5 Å². The summed E-state index contributed by atoms with van der Waals surface area (Å²) in [7, 11) is 0. The van der Waals surface area contributed by atoms with Crippen LogP contribution in [0.15, 0.2) is 35.6 Å². The monoisotopic (exact) mass is 199 g/mol. The van der Waals surface area contributed by atoms with Crippen molar-refractivity contribution in [3.8, 4) is 0 Å². The summed E-state index contributed by atoms with van der Waals surface area (Å²) < 4.78 is 0. The van der Waals surface area contributed by atoms with E-state index in [0.717, 1.165) is 16.5 Å². The molecule has 1 N–H and O–H groups in total. The van der Waals surface area contributed by atoms with Crippen LogP contribution >= 0.6 is 0 Å². The molecule has 0 spiro atoms. The highest BCUT2D eigenvalue weighted by Crippen LogP contribution is 2.13. The van der Waals surface area contributed by atoms with Gasteiger partial charge in [-0.15, -0.1) is 0 Å². The lowest BCUT2D eigenvalue weighted by molar-refractivity contribution is 1.12. The first kappa shape index (κ1) is 9.30. The van der Waals surface area contributed by atoms with Gasteiger partial charge in [0.25, 0.3) is 0 Å². The number of nitrogens with zero attached hydrogens (tertiary/aromatic N) is 4. The highest BCUT2D eigenvalue weighted by atomic mass is 15.1. The fourth-order valence-corrected chi connectivity index (χ4v) is 1.33. The largest absolute Gasteiger partial charge is 0.278 e. The Morgan fingerprint density at radius 1 is 1.53 bits per heavy atom. The van der Waals surface area contributed by atoms with Gasteiger partial charge >= 0.3 is 0 Å². The molecule has 0 bridgehead atoms. The molecule has 1 aromatic heterocycles. The summed E-state index contributed by atoms with van der Waals surface area (Å²) in [5.74, 6) is 0. The Bertz CT molecular complexity index is 533. The number of benzene rings is 1. The molecule has 1 aromatic carbocycles. The van der Waals surface area contributed by atoms with Gasteiger partial charge in [-0.05, 0) is 17.2 Å². The van der Waals surface area contributed by atoms with Crippen LogP contribution in [-0.2, 0) is 0 Å². The van der Waals surface area contributed by atoms with E-state index in [1.807, 2.05) is 30.4 Å². The van der Waals surface area contributed by atoms with Crippen LogP contribution in [0.4, 0.5) is 0 Å². The zero-order valence-electron chi connectivity index (χ0n) is 7.96. The lowest BCUT2D eigenvalue weighted by atomic mass is 10.1. The Balaban J connectivity index is 2.20. The molecule has 5 nitrogen and oxygen atoms in total. The Morgan fingerprint density at radius 2 is 2.47 bits per heavy atom. The van der Waals surface area contributed by atoms with Crippen molar-refractivity contribution in [2.75, 3.05) is 6.54 Å². The lowest BCUT2D eigenvalue weighted by Crippen LogP contribution is -1.74. The summed E-state index contributed by atoms with van der Waals surface area (Å²) >= 11 is 0. The van der Waals surface area contributed by atoms with Gasteiger partial charge in [-0.3, -0.25) is 5.10 Å². The number of hydrogen-bond donors (Lipinski definition) is 1. The van der Waals surface area contributed by atoms with Crippen LogP contribution in [-0.4, -0.2) is 16.7 Å². The van der Waals surface area contributed by atoms with E-state index in [1.54, 1.807) is 6.20 Å². The number of aromatic nitrogens is 2. The van der Waals surface area contributed by atoms with E-state index in [4.69, 9.17) is 5.53 Å². The van der Waals surface area contributed by atoms with Gasteiger partial charge in [-0.2, -0.15) is 5.10 Å². The molecule has 2 aromatic rings. The van der Waals surface area contributed by atoms with Crippen LogP contribution in [0.25, 0.3) is 27.4 Å². The maximum Gasteiger partial charge on any atom is 0.0656 e. The summed E-state index contributed by atoms with van der Waals surface area (Å²) in [6.45, 7) is 0.373. The number of hydrogen-bond acceptors (Lipinski definition) is 2. The highest BCUT2D eigenvalue weighted by Gasteiger charge is 1.94. The predicted octanol–water partition coefficient (Wildman–Crippen LogP) is 2.89. The zero-order chi connectivity index (χ0) is 10.5. The van der Waals surface area contributed by atoms with Crippen molar-refractivity contribution in [3.63, 3.8) is 0 Å². The van der Waals surface area contributed by atoms with Crippen LogP contribution in [0.5, 0.6) is 0 Å². The topological polar surface area (TPSA) is 77.4 Å². The third-order valence-corrected chi connectivity index (χ3v) is 2.03. The van der Waals surface area contributed by atoms with Crippen LogP contribution in [0.2, 0.25) is 0 Å². The Kier molecular flexibility index (Phi) is 2.67. The van der Waals surface area contributed by atoms with E-state index in [1.165, 1.54) is 0 Å². The van der Waals surface area contributed by atoms with Gasteiger partial charge in [0.05, 0.1) is 11.7 Å². The van der Waals surface area contributed by atoms with E-state index < -0.39 is 0 Å². The highest BCUT2D eigenvalue weighted by molar-refractivity contribution is 5.80. The summed E-state index contributed by atoms with van der Waals surface area (Å²) in [6, 6.07) is 5.98. The summed E-state index contributed by atoms with van der Waals surface area (Å²) in [4.78, 5) is 2.67. The molecule has 0 aliphatic carbocycles. The van der Waals surface area contributed by atoms with Crippen LogP contribution in [0.3, 0.4) is 0 Å². The number of H-pyrrole nitrogens is 1. The van der Waals surface area contributed by atoms with Gasteiger partial charge in [0.2, 0.25) is 0 Å². The smallest absolute Gasteiger partial charge is 0.0656 e. The minimum Gasteiger partial charge on any atom is -0.278 e.